The van der Waals surface area contributed by atoms with E-state index in [-0.39, 0.29) is 5.91 Å². The van der Waals surface area contributed by atoms with Gasteiger partial charge in [0, 0.05) is 11.9 Å². The highest BCUT2D eigenvalue weighted by Crippen LogP contribution is 2.33. The fraction of sp³-hybridized carbons (Fsp3) is 0.143. The van der Waals surface area contributed by atoms with E-state index in [9.17, 15) is 4.79 Å². The first-order chi connectivity index (χ1) is 10.5. The van der Waals surface area contributed by atoms with Crippen LogP contribution in [0.3, 0.4) is 0 Å². The lowest BCUT2D eigenvalue weighted by atomic mass is 10.2. The smallest absolute Gasteiger partial charge is 0.281 e. The summed E-state index contributed by atoms with van der Waals surface area (Å²) in [5.41, 5.74) is 12.4. The number of carbonyl (C=O) groups excluding carboxylic acids is 1. The average molecular weight is 336 g/mol. The Labute approximate surface area is 137 Å². The van der Waals surface area contributed by atoms with Gasteiger partial charge in [0.15, 0.2) is 5.11 Å². The second-order valence-electron chi connectivity index (χ2n) is 4.28. The summed E-state index contributed by atoms with van der Waals surface area (Å²) in [7, 11) is 3.27. The summed E-state index contributed by atoms with van der Waals surface area (Å²) < 4.78 is 5.13. The van der Waals surface area contributed by atoms with Gasteiger partial charge in [-0.2, -0.15) is 0 Å². The van der Waals surface area contributed by atoms with Gasteiger partial charge in [-0.15, -0.1) is 11.3 Å². The number of hydrogen-bond acceptors (Lipinski definition) is 5. The minimum Gasteiger partial charge on any atom is -0.497 e. The fourth-order valence-electron chi connectivity index (χ4n) is 1.71. The fourth-order valence-corrected chi connectivity index (χ4v) is 2.74. The van der Waals surface area contributed by atoms with Crippen molar-refractivity contribution in [3.8, 4) is 16.2 Å². The zero-order valence-electron chi connectivity index (χ0n) is 12.1. The molecule has 1 aromatic heterocycles. The molecule has 1 heterocycles. The largest absolute Gasteiger partial charge is 0.497 e. The number of carbonyl (C=O) groups is 1. The number of methoxy groups -OCH3 is 1. The van der Waals surface area contributed by atoms with E-state index in [4.69, 9.17) is 22.7 Å². The van der Waals surface area contributed by atoms with Crippen LogP contribution < -0.4 is 26.6 Å². The number of amides is 1. The molecule has 0 radical (unpaired) electrons. The number of thiophene rings is 1. The Morgan fingerprint density at radius 2 is 1.95 bits per heavy atom. The van der Waals surface area contributed by atoms with E-state index < -0.39 is 0 Å². The quantitative estimate of drug-likeness (QED) is 0.504. The van der Waals surface area contributed by atoms with Crippen LogP contribution in [-0.4, -0.2) is 25.2 Å². The molecule has 0 saturated heterocycles. The number of nitrogens with two attached hydrogens (primary N) is 1. The molecule has 0 saturated carbocycles. The first-order valence-electron chi connectivity index (χ1n) is 6.37. The minimum absolute atomic E-state index is 0.318. The zero-order valence-corrected chi connectivity index (χ0v) is 13.7. The number of thiocarbonyl (C=S) groups is 1. The maximum absolute atomic E-state index is 12.1. The number of anilines is 1. The van der Waals surface area contributed by atoms with Gasteiger partial charge in [-0.1, -0.05) is 0 Å². The van der Waals surface area contributed by atoms with E-state index >= 15 is 0 Å². The molecule has 116 valence electrons. The molecular weight excluding hydrogens is 320 g/mol. The third kappa shape index (κ3) is 3.66. The Kier molecular flexibility index (Phi) is 5.18. The summed E-state index contributed by atoms with van der Waals surface area (Å²) in [5, 5.41) is 3.01. The van der Waals surface area contributed by atoms with E-state index in [0.29, 0.717) is 15.7 Å². The lowest BCUT2D eigenvalue weighted by molar-refractivity contribution is 0.0948. The predicted octanol–water partition coefficient (Wildman–Crippen LogP) is 1.74. The first-order valence-corrected chi connectivity index (χ1v) is 7.59. The zero-order chi connectivity index (χ0) is 16.1. The van der Waals surface area contributed by atoms with Crippen molar-refractivity contribution in [3.63, 3.8) is 0 Å². The molecule has 2 rings (SSSR count). The van der Waals surface area contributed by atoms with Crippen molar-refractivity contribution < 1.29 is 9.53 Å². The molecule has 0 aliphatic heterocycles. The van der Waals surface area contributed by atoms with Crippen LogP contribution in [0.4, 0.5) is 5.69 Å². The number of nitrogens with one attached hydrogen (secondary N) is 3. The van der Waals surface area contributed by atoms with Crippen LogP contribution in [0.25, 0.3) is 10.4 Å². The minimum atomic E-state index is -0.333. The van der Waals surface area contributed by atoms with Crippen molar-refractivity contribution in [2.24, 2.45) is 0 Å². The summed E-state index contributed by atoms with van der Waals surface area (Å²) in [4.78, 5) is 13.4. The molecule has 0 bridgehead atoms. The molecule has 0 unspecified atom stereocenters. The molecule has 5 N–H and O–H groups in total. The number of rotatable bonds is 3. The Bertz CT molecular complexity index is 683. The van der Waals surface area contributed by atoms with Gasteiger partial charge in [0.1, 0.15) is 10.6 Å². The van der Waals surface area contributed by atoms with Crippen LogP contribution in [0.5, 0.6) is 5.75 Å². The third-order valence-electron chi connectivity index (χ3n) is 2.86. The maximum atomic E-state index is 12.1. The van der Waals surface area contributed by atoms with E-state index in [1.807, 2.05) is 24.3 Å². The second kappa shape index (κ2) is 7.10. The van der Waals surface area contributed by atoms with Crippen LogP contribution in [0.15, 0.2) is 30.3 Å². The second-order valence-corrected chi connectivity index (χ2v) is 5.74. The molecular formula is C14H16N4O2S2. The van der Waals surface area contributed by atoms with Crippen molar-refractivity contribution >= 4 is 40.3 Å². The Morgan fingerprint density at radius 3 is 2.55 bits per heavy atom. The van der Waals surface area contributed by atoms with Crippen LogP contribution in [-0.2, 0) is 0 Å². The molecule has 1 amide bonds. The van der Waals surface area contributed by atoms with Crippen LogP contribution >= 0.6 is 23.6 Å². The molecule has 6 nitrogen and oxygen atoms in total. The van der Waals surface area contributed by atoms with Crippen molar-refractivity contribution in [2.75, 3.05) is 19.9 Å². The highest BCUT2D eigenvalue weighted by Gasteiger charge is 2.15. The molecule has 22 heavy (non-hydrogen) atoms. The topological polar surface area (TPSA) is 88.4 Å². The molecule has 0 aliphatic rings. The highest BCUT2D eigenvalue weighted by atomic mass is 32.1. The third-order valence-corrected chi connectivity index (χ3v) is 4.36. The summed E-state index contributed by atoms with van der Waals surface area (Å²) in [6.45, 7) is 0. The van der Waals surface area contributed by atoms with Gasteiger partial charge in [-0.25, -0.2) is 0 Å². The maximum Gasteiger partial charge on any atom is 0.281 e. The molecule has 8 heteroatoms. The standard InChI is InChI=1S/C14H16N4O2S2/c1-16-14(21)18-17-13(19)12-10(15)7-11(22-12)8-3-5-9(20-2)6-4-8/h3-7H,15H2,1-2H3,(H,17,19)(H2,16,18,21). The molecule has 0 fully saturated rings. The van der Waals surface area contributed by atoms with Crippen LogP contribution in [0, 0.1) is 0 Å². The van der Waals surface area contributed by atoms with Crippen LogP contribution in [0.1, 0.15) is 9.67 Å². The monoisotopic (exact) mass is 336 g/mol. The SMILES string of the molecule is CNC(=S)NNC(=O)c1sc(-c2ccc(OC)cc2)cc1N. The Hall–Kier alpha value is -2.32. The van der Waals surface area contributed by atoms with Gasteiger partial charge >= 0.3 is 0 Å². The molecule has 0 atom stereocenters. The number of hydrogen-bond donors (Lipinski definition) is 4. The number of benzene rings is 1. The van der Waals surface area contributed by atoms with Gasteiger partial charge < -0.3 is 15.8 Å². The number of ether oxygens (including phenoxy) is 1. The van der Waals surface area contributed by atoms with Gasteiger partial charge in [0.25, 0.3) is 5.91 Å². The van der Waals surface area contributed by atoms with Gasteiger partial charge in [0.05, 0.1) is 12.8 Å². The van der Waals surface area contributed by atoms with Crippen molar-refractivity contribution in [2.45, 2.75) is 0 Å². The summed E-state index contributed by atoms with van der Waals surface area (Å²) in [6, 6.07) is 9.33. The van der Waals surface area contributed by atoms with Crippen molar-refractivity contribution in [3.05, 3.63) is 35.2 Å². The van der Waals surface area contributed by atoms with E-state index in [0.717, 1.165) is 16.2 Å². The van der Waals surface area contributed by atoms with E-state index in [2.05, 4.69) is 16.2 Å². The van der Waals surface area contributed by atoms with E-state index in [1.54, 1.807) is 20.2 Å². The Balaban J connectivity index is 2.16. The van der Waals surface area contributed by atoms with Crippen molar-refractivity contribution in [1.82, 2.24) is 16.2 Å². The van der Waals surface area contributed by atoms with Crippen molar-refractivity contribution in [1.29, 1.82) is 0 Å². The van der Waals surface area contributed by atoms with Gasteiger partial charge in [-0.3, -0.25) is 15.6 Å². The normalized spacial score (nSPS) is 9.91. The van der Waals surface area contributed by atoms with E-state index in [1.165, 1.54) is 11.3 Å². The average Bonchev–Trinajstić information content (AvgIpc) is 2.94. The number of hydrazine groups is 1. The summed E-state index contributed by atoms with van der Waals surface area (Å²) in [5.74, 6) is 0.441. The lowest BCUT2D eigenvalue weighted by Crippen LogP contribution is -2.45. The predicted molar refractivity (Wildman–Crippen MR) is 93.0 cm³/mol. The van der Waals surface area contributed by atoms with Gasteiger partial charge in [-0.05, 0) is 48.1 Å². The molecule has 0 spiro atoms. The molecule has 1 aromatic carbocycles. The summed E-state index contributed by atoms with van der Waals surface area (Å²) in [6.07, 6.45) is 0. The lowest BCUT2D eigenvalue weighted by Gasteiger charge is -2.07. The number of nitrogen functional groups attached to an aromatic ring is 1. The molecule has 2 aromatic rings. The van der Waals surface area contributed by atoms with Gasteiger partial charge in [0.2, 0.25) is 0 Å². The Morgan fingerprint density at radius 1 is 1.27 bits per heavy atom. The first kappa shape index (κ1) is 16.1. The van der Waals surface area contributed by atoms with Crippen LogP contribution in [0.2, 0.25) is 0 Å². The molecule has 0 aliphatic carbocycles. The highest BCUT2D eigenvalue weighted by molar-refractivity contribution is 7.80. The summed E-state index contributed by atoms with van der Waals surface area (Å²) >= 11 is 6.20.